The lowest BCUT2D eigenvalue weighted by molar-refractivity contribution is -0.158. The van der Waals surface area contributed by atoms with Crippen LogP contribution in [0.25, 0.3) is 0 Å². The van der Waals surface area contributed by atoms with Crippen LogP contribution < -0.4 is 0 Å². The Kier molecular flexibility index (Phi) is 7.30. The molecule has 3 saturated heterocycles. The molecular formula is C25H40N2O6. The standard InChI is InChI=1S/C25H40N2O6/c1-8-13-26(24(5,6)7)22(30)20-25-12-11-17(33-25)18(23(31)32-10-3)19(25)21(29)27(20)16(14-28)15(4)9-2/h8,15-20,28H,1,9-14H2,2-7H3/t15-,16-,17+,18-,19-,20?,25?/m0/s1. The summed E-state index contributed by atoms with van der Waals surface area (Å²) in [5.74, 6) is -2.52. The van der Waals surface area contributed by atoms with Crippen molar-refractivity contribution in [3.05, 3.63) is 12.7 Å². The van der Waals surface area contributed by atoms with Gasteiger partial charge in [-0.2, -0.15) is 0 Å². The second-order valence-corrected chi connectivity index (χ2v) is 10.6. The van der Waals surface area contributed by atoms with Crippen LogP contribution in [0.3, 0.4) is 0 Å². The van der Waals surface area contributed by atoms with Crippen LogP contribution in [0.1, 0.15) is 60.8 Å². The van der Waals surface area contributed by atoms with Gasteiger partial charge in [0.25, 0.3) is 0 Å². The first kappa shape index (κ1) is 25.7. The van der Waals surface area contributed by atoms with Crippen LogP contribution in [-0.4, -0.2) is 81.8 Å². The summed E-state index contributed by atoms with van der Waals surface area (Å²) in [7, 11) is 0. The molecule has 0 aromatic carbocycles. The SMILES string of the molecule is C=CCN(C(=O)C1N([C@@H](CO)[C@@H](C)CC)C(=O)[C@@H]2[C@@H](C(=O)OCC)[C@H]3CCC12O3)C(C)(C)C. The molecule has 0 aromatic rings. The van der Waals surface area contributed by atoms with Gasteiger partial charge in [0.1, 0.15) is 11.6 Å². The Balaban J connectivity index is 2.14. The first-order chi connectivity index (χ1) is 15.5. The summed E-state index contributed by atoms with van der Waals surface area (Å²) in [6.45, 7) is 15.6. The fourth-order valence-corrected chi connectivity index (χ4v) is 6.02. The Hall–Kier alpha value is -1.93. The van der Waals surface area contributed by atoms with Crippen LogP contribution in [0.15, 0.2) is 12.7 Å². The number of aliphatic hydroxyl groups excluding tert-OH is 1. The molecule has 8 nitrogen and oxygen atoms in total. The number of likely N-dealkylation sites (tertiary alicyclic amines) is 1. The molecule has 0 radical (unpaired) electrons. The molecule has 3 aliphatic heterocycles. The number of ether oxygens (including phenoxy) is 2. The van der Waals surface area contributed by atoms with Crippen molar-refractivity contribution in [1.82, 2.24) is 9.80 Å². The molecule has 8 heteroatoms. The molecule has 2 bridgehead atoms. The third-order valence-corrected chi connectivity index (χ3v) is 7.76. The molecule has 1 N–H and O–H groups in total. The van der Waals surface area contributed by atoms with E-state index in [2.05, 4.69) is 6.58 Å². The highest BCUT2D eigenvalue weighted by Crippen LogP contribution is 2.59. The molecule has 1 spiro atoms. The van der Waals surface area contributed by atoms with E-state index in [0.29, 0.717) is 19.4 Å². The topological polar surface area (TPSA) is 96.4 Å². The van der Waals surface area contributed by atoms with E-state index >= 15 is 0 Å². The van der Waals surface area contributed by atoms with Gasteiger partial charge in [-0.05, 0) is 46.5 Å². The van der Waals surface area contributed by atoms with Gasteiger partial charge in [0.2, 0.25) is 11.8 Å². The summed E-state index contributed by atoms with van der Waals surface area (Å²) >= 11 is 0. The Morgan fingerprint density at radius 2 is 2.06 bits per heavy atom. The average Bonchev–Trinajstić information content (AvgIpc) is 3.39. The van der Waals surface area contributed by atoms with E-state index in [9.17, 15) is 19.5 Å². The van der Waals surface area contributed by atoms with Crippen LogP contribution in [0.5, 0.6) is 0 Å². The van der Waals surface area contributed by atoms with E-state index in [4.69, 9.17) is 9.47 Å². The molecule has 3 fully saturated rings. The Bertz CT molecular complexity index is 792. The van der Waals surface area contributed by atoms with E-state index in [1.807, 2.05) is 34.6 Å². The monoisotopic (exact) mass is 464 g/mol. The third-order valence-electron chi connectivity index (χ3n) is 7.76. The van der Waals surface area contributed by atoms with E-state index in [1.54, 1.807) is 22.8 Å². The molecule has 3 heterocycles. The van der Waals surface area contributed by atoms with Crippen molar-refractivity contribution in [1.29, 1.82) is 0 Å². The van der Waals surface area contributed by atoms with Crippen molar-refractivity contribution < 1.29 is 29.0 Å². The lowest BCUT2D eigenvalue weighted by Gasteiger charge is -2.44. The summed E-state index contributed by atoms with van der Waals surface area (Å²) in [5.41, 5.74) is -1.61. The van der Waals surface area contributed by atoms with Crippen molar-refractivity contribution >= 4 is 17.8 Å². The smallest absolute Gasteiger partial charge is 0.312 e. The second-order valence-electron chi connectivity index (χ2n) is 10.6. The van der Waals surface area contributed by atoms with Gasteiger partial charge in [-0.25, -0.2) is 0 Å². The molecular weight excluding hydrogens is 424 g/mol. The highest BCUT2D eigenvalue weighted by molar-refractivity contribution is 5.98. The minimum absolute atomic E-state index is 0.0368. The van der Waals surface area contributed by atoms with Crippen LogP contribution in [-0.2, 0) is 23.9 Å². The van der Waals surface area contributed by atoms with Crippen molar-refractivity contribution in [3.63, 3.8) is 0 Å². The molecule has 0 aromatic heterocycles. The number of amides is 2. The highest BCUT2D eigenvalue weighted by atomic mass is 16.6. The minimum atomic E-state index is -1.10. The number of hydrogen-bond donors (Lipinski definition) is 1. The quantitative estimate of drug-likeness (QED) is 0.415. The number of carbonyl (C=O) groups is 3. The number of fused-ring (bicyclic) bond motifs is 1. The number of aliphatic hydroxyl groups is 1. The fraction of sp³-hybridized carbons (Fsp3) is 0.800. The number of esters is 1. The normalized spacial score (nSPS) is 32.5. The molecule has 0 aliphatic carbocycles. The van der Waals surface area contributed by atoms with Crippen LogP contribution in [0, 0.1) is 17.8 Å². The van der Waals surface area contributed by atoms with Crippen LogP contribution in [0.4, 0.5) is 0 Å². The lowest BCUT2D eigenvalue weighted by Crippen LogP contribution is -2.62. The number of nitrogens with zero attached hydrogens (tertiary/aromatic N) is 2. The first-order valence-electron chi connectivity index (χ1n) is 12.2. The average molecular weight is 465 g/mol. The van der Waals surface area contributed by atoms with E-state index in [0.717, 1.165) is 6.42 Å². The van der Waals surface area contributed by atoms with Crippen molar-refractivity contribution in [2.75, 3.05) is 19.8 Å². The highest BCUT2D eigenvalue weighted by Gasteiger charge is 2.76. The van der Waals surface area contributed by atoms with Gasteiger partial charge >= 0.3 is 5.97 Å². The maximum Gasteiger partial charge on any atom is 0.312 e. The van der Waals surface area contributed by atoms with Gasteiger partial charge in [-0.15, -0.1) is 6.58 Å². The summed E-state index contributed by atoms with van der Waals surface area (Å²) in [5, 5.41) is 10.3. The van der Waals surface area contributed by atoms with Gasteiger partial charge in [0.15, 0.2) is 0 Å². The maximum atomic E-state index is 14.2. The molecule has 0 saturated carbocycles. The zero-order chi connectivity index (χ0) is 24.7. The minimum Gasteiger partial charge on any atom is -0.466 e. The Morgan fingerprint density at radius 1 is 1.39 bits per heavy atom. The van der Waals surface area contributed by atoms with Crippen LogP contribution in [0.2, 0.25) is 0 Å². The number of rotatable bonds is 9. The van der Waals surface area contributed by atoms with E-state index in [-0.39, 0.29) is 30.9 Å². The molecule has 2 unspecified atom stereocenters. The molecule has 186 valence electrons. The molecule has 3 rings (SSSR count). The lowest BCUT2D eigenvalue weighted by atomic mass is 9.70. The number of hydrogen-bond acceptors (Lipinski definition) is 6. The first-order valence-corrected chi connectivity index (χ1v) is 12.2. The molecule has 33 heavy (non-hydrogen) atoms. The summed E-state index contributed by atoms with van der Waals surface area (Å²) in [4.78, 5) is 44.4. The van der Waals surface area contributed by atoms with E-state index < -0.39 is 47.1 Å². The molecule has 7 atom stereocenters. The predicted octanol–water partition coefficient (Wildman–Crippen LogP) is 2.14. The van der Waals surface area contributed by atoms with Crippen molar-refractivity contribution in [2.45, 2.75) is 90.1 Å². The van der Waals surface area contributed by atoms with Crippen molar-refractivity contribution in [2.24, 2.45) is 17.8 Å². The van der Waals surface area contributed by atoms with Gasteiger partial charge in [-0.3, -0.25) is 14.4 Å². The van der Waals surface area contributed by atoms with Gasteiger partial charge in [0, 0.05) is 12.1 Å². The largest absolute Gasteiger partial charge is 0.466 e. The second kappa shape index (κ2) is 9.37. The zero-order valence-corrected chi connectivity index (χ0v) is 20.9. The van der Waals surface area contributed by atoms with Crippen molar-refractivity contribution in [3.8, 4) is 0 Å². The van der Waals surface area contributed by atoms with E-state index in [1.165, 1.54) is 0 Å². The van der Waals surface area contributed by atoms with Crippen LogP contribution >= 0.6 is 0 Å². The Labute approximate surface area is 197 Å². The van der Waals surface area contributed by atoms with Gasteiger partial charge in [-0.1, -0.05) is 26.3 Å². The summed E-state index contributed by atoms with van der Waals surface area (Å²) in [6.07, 6.45) is 3.07. The third kappa shape index (κ3) is 3.99. The summed E-state index contributed by atoms with van der Waals surface area (Å²) in [6, 6.07) is -1.46. The number of carbonyl (C=O) groups excluding carboxylic acids is 3. The Morgan fingerprint density at radius 3 is 2.58 bits per heavy atom. The zero-order valence-electron chi connectivity index (χ0n) is 20.9. The summed E-state index contributed by atoms with van der Waals surface area (Å²) < 4.78 is 11.7. The fourth-order valence-electron chi connectivity index (χ4n) is 6.02. The molecule has 3 aliphatic rings. The maximum absolute atomic E-state index is 14.2. The molecule has 2 amide bonds. The van der Waals surface area contributed by atoms with Gasteiger partial charge in [0.05, 0.1) is 37.2 Å². The predicted molar refractivity (Wildman–Crippen MR) is 123 cm³/mol. The van der Waals surface area contributed by atoms with Gasteiger partial charge < -0.3 is 24.4 Å².